The number of rotatable bonds is 7. The maximum absolute atomic E-state index is 11.8. The summed E-state index contributed by atoms with van der Waals surface area (Å²) in [6.07, 6.45) is 1.36. The van der Waals surface area contributed by atoms with E-state index in [0.717, 1.165) is 0 Å². The first-order chi connectivity index (χ1) is 6.07. The highest BCUT2D eigenvalue weighted by Crippen LogP contribution is 2.02. The van der Waals surface area contributed by atoms with E-state index in [4.69, 9.17) is 10.8 Å². The number of aliphatic carboxylic acids is 1. The Hall–Kier alpha value is -0.750. The Morgan fingerprint density at radius 3 is 2.46 bits per heavy atom. The molecule has 0 rings (SSSR count). The van der Waals surface area contributed by atoms with Gasteiger partial charge in [-0.3, -0.25) is 4.79 Å². The molecule has 1 atom stereocenters. The molecule has 78 valence electrons. The molecular formula is C7H14F2N2O2. The predicted octanol–water partition coefficient (Wildman–Crippen LogP) is 0.381. The predicted molar refractivity (Wildman–Crippen MR) is 43.5 cm³/mol. The van der Waals surface area contributed by atoms with Crippen molar-refractivity contribution in [1.29, 1.82) is 0 Å². The number of hydrogen-bond donors (Lipinski definition) is 3. The SMILES string of the molecule is NCCCC[C@H](NC(F)F)C(=O)O. The number of nitrogens with two attached hydrogens (primary N) is 1. The minimum Gasteiger partial charge on any atom is -0.480 e. The van der Waals surface area contributed by atoms with Gasteiger partial charge in [0, 0.05) is 0 Å². The second-order valence-electron chi connectivity index (χ2n) is 2.64. The van der Waals surface area contributed by atoms with Gasteiger partial charge in [0.1, 0.15) is 6.04 Å². The van der Waals surface area contributed by atoms with E-state index in [9.17, 15) is 13.6 Å². The quantitative estimate of drug-likeness (QED) is 0.406. The van der Waals surface area contributed by atoms with Crippen molar-refractivity contribution in [3.63, 3.8) is 0 Å². The van der Waals surface area contributed by atoms with Crippen LogP contribution in [-0.2, 0) is 4.79 Å². The molecular weight excluding hydrogens is 182 g/mol. The molecule has 4 nitrogen and oxygen atoms in total. The van der Waals surface area contributed by atoms with Gasteiger partial charge in [-0.15, -0.1) is 0 Å². The first-order valence-electron chi connectivity index (χ1n) is 4.05. The van der Waals surface area contributed by atoms with E-state index in [1.54, 1.807) is 5.32 Å². The third-order valence-electron chi connectivity index (χ3n) is 1.57. The highest BCUT2D eigenvalue weighted by molar-refractivity contribution is 5.73. The van der Waals surface area contributed by atoms with E-state index in [2.05, 4.69) is 0 Å². The van der Waals surface area contributed by atoms with Crippen LogP contribution < -0.4 is 11.1 Å². The maximum atomic E-state index is 11.8. The van der Waals surface area contributed by atoms with Gasteiger partial charge in [0.25, 0.3) is 6.55 Å². The summed E-state index contributed by atoms with van der Waals surface area (Å²) >= 11 is 0. The Morgan fingerprint density at radius 1 is 1.46 bits per heavy atom. The molecule has 0 amide bonds. The van der Waals surface area contributed by atoms with Crippen molar-refractivity contribution >= 4 is 5.97 Å². The number of unbranched alkanes of at least 4 members (excludes halogenated alkanes) is 1. The average Bonchev–Trinajstić information content (AvgIpc) is 2.02. The van der Waals surface area contributed by atoms with Crippen molar-refractivity contribution in [2.45, 2.75) is 31.9 Å². The van der Waals surface area contributed by atoms with Crippen LogP contribution in [0.15, 0.2) is 0 Å². The minimum absolute atomic E-state index is 0.177. The number of halogens is 2. The summed E-state index contributed by atoms with van der Waals surface area (Å²) in [5.41, 5.74) is 5.18. The van der Waals surface area contributed by atoms with Gasteiger partial charge in [-0.1, -0.05) is 6.42 Å². The number of alkyl halides is 2. The number of carboxylic acid groups (broad SMARTS) is 1. The summed E-state index contributed by atoms with van der Waals surface area (Å²) in [4.78, 5) is 10.4. The highest BCUT2D eigenvalue weighted by Gasteiger charge is 2.19. The lowest BCUT2D eigenvalue weighted by Gasteiger charge is -2.12. The van der Waals surface area contributed by atoms with Crippen molar-refractivity contribution in [3.05, 3.63) is 0 Å². The van der Waals surface area contributed by atoms with Crippen molar-refractivity contribution in [2.75, 3.05) is 6.54 Å². The van der Waals surface area contributed by atoms with Gasteiger partial charge in [0.05, 0.1) is 0 Å². The highest BCUT2D eigenvalue weighted by atomic mass is 19.3. The average molecular weight is 196 g/mol. The van der Waals surface area contributed by atoms with Crippen molar-refractivity contribution < 1.29 is 18.7 Å². The van der Waals surface area contributed by atoms with Crippen LogP contribution in [0.3, 0.4) is 0 Å². The zero-order chi connectivity index (χ0) is 10.3. The smallest absolute Gasteiger partial charge is 0.320 e. The Bertz CT molecular complexity index is 155. The molecule has 0 aliphatic heterocycles. The second-order valence-corrected chi connectivity index (χ2v) is 2.64. The molecule has 0 aromatic heterocycles. The molecule has 0 aliphatic carbocycles. The zero-order valence-corrected chi connectivity index (χ0v) is 7.17. The van der Waals surface area contributed by atoms with Crippen LogP contribution in [0.1, 0.15) is 19.3 Å². The fourth-order valence-corrected chi connectivity index (χ4v) is 0.923. The van der Waals surface area contributed by atoms with Gasteiger partial charge in [0.15, 0.2) is 0 Å². The largest absolute Gasteiger partial charge is 0.480 e. The summed E-state index contributed by atoms with van der Waals surface area (Å²) in [6.45, 7) is -2.35. The molecule has 0 saturated carbocycles. The first-order valence-corrected chi connectivity index (χ1v) is 4.05. The van der Waals surface area contributed by atoms with Gasteiger partial charge in [0.2, 0.25) is 0 Å². The van der Waals surface area contributed by atoms with E-state index in [1.165, 1.54) is 0 Å². The summed E-state index contributed by atoms with van der Waals surface area (Å²) < 4.78 is 23.5. The van der Waals surface area contributed by atoms with E-state index in [-0.39, 0.29) is 6.42 Å². The van der Waals surface area contributed by atoms with Crippen LogP contribution in [-0.4, -0.2) is 30.2 Å². The molecule has 4 N–H and O–H groups in total. The van der Waals surface area contributed by atoms with Crippen molar-refractivity contribution in [1.82, 2.24) is 5.32 Å². The molecule has 0 aliphatic rings. The summed E-state index contributed by atoms with van der Waals surface area (Å²) in [5.74, 6) is -1.25. The van der Waals surface area contributed by atoms with Crippen molar-refractivity contribution in [3.8, 4) is 0 Å². The Labute approximate surface area is 75.1 Å². The third-order valence-corrected chi connectivity index (χ3v) is 1.57. The first kappa shape index (κ1) is 12.2. The van der Waals surface area contributed by atoms with E-state index in [1.807, 2.05) is 0 Å². The molecule has 0 bridgehead atoms. The molecule has 0 heterocycles. The maximum Gasteiger partial charge on any atom is 0.320 e. The number of carboxylic acids is 1. The number of carbonyl (C=O) groups is 1. The Kier molecular flexibility index (Phi) is 6.34. The molecule has 6 heteroatoms. The van der Waals surface area contributed by atoms with Gasteiger partial charge < -0.3 is 10.8 Å². The van der Waals surface area contributed by atoms with Crippen LogP contribution in [0.2, 0.25) is 0 Å². The molecule has 13 heavy (non-hydrogen) atoms. The van der Waals surface area contributed by atoms with E-state index in [0.29, 0.717) is 19.4 Å². The molecule has 0 saturated heterocycles. The second kappa shape index (κ2) is 6.73. The van der Waals surface area contributed by atoms with Crippen LogP contribution in [0, 0.1) is 0 Å². The lowest BCUT2D eigenvalue weighted by molar-refractivity contribution is -0.141. The van der Waals surface area contributed by atoms with Gasteiger partial charge in [-0.2, -0.15) is 8.78 Å². The topological polar surface area (TPSA) is 75.3 Å². The zero-order valence-electron chi connectivity index (χ0n) is 7.17. The fourth-order valence-electron chi connectivity index (χ4n) is 0.923. The number of hydrogen-bond acceptors (Lipinski definition) is 3. The monoisotopic (exact) mass is 196 g/mol. The summed E-state index contributed by atoms with van der Waals surface area (Å²) in [5, 5.41) is 10.2. The third kappa shape index (κ3) is 6.41. The molecule has 0 unspecified atom stereocenters. The lowest BCUT2D eigenvalue weighted by Crippen LogP contribution is -2.39. The van der Waals surface area contributed by atoms with Crippen molar-refractivity contribution in [2.24, 2.45) is 5.73 Å². The molecule has 0 aromatic carbocycles. The van der Waals surface area contributed by atoms with Gasteiger partial charge >= 0.3 is 5.97 Å². The Morgan fingerprint density at radius 2 is 2.08 bits per heavy atom. The van der Waals surface area contributed by atoms with Crippen LogP contribution in [0.4, 0.5) is 8.78 Å². The summed E-state index contributed by atoms with van der Waals surface area (Å²) in [6, 6.07) is -1.17. The van der Waals surface area contributed by atoms with Crippen LogP contribution >= 0.6 is 0 Å². The van der Waals surface area contributed by atoms with Crippen LogP contribution in [0.25, 0.3) is 0 Å². The Balaban J connectivity index is 3.74. The van der Waals surface area contributed by atoms with E-state index < -0.39 is 18.6 Å². The molecule has 0 aromatic rings. The standard InChI is InChI=1S/C7H14F2N2O2/c8-7(9)11-5(6(12)13)3-1-2-4-10/h5,7,11H,1-4,10H2,(H,12,13)/t5-/m0/s1. The molecule has 0 radical (unpaired) electrons. The molecule has 0 fully saturated rings. The number of nitrogens with one attached hydrogen (secondary N) is 1. The fraction of sp³-hybridized carbons (Fsp3) is 0.857. The molecule has 0 spiro atoms. The van der Waals surface area contributed by atoms with E-state index >= 15 is 0 Å². The normalized spacial score (nSPS) is 13.2. The van der Waals surface area contributed by atoms with Gasteiger partial charge in [-0.05, 0) is 19.4 Å². The van der Waals surface area contributed by atoms with Gasteiger partial charge in [-0.25, -0.2) is 5.32 Å². The minimum atomic E-state index is -2.79. The van der Waals surface area contributed by atoms with Crippen LogP contribution in [0.5, 0.6) is 0 Å². The lowest BCUT2D eigenvalue weighted by atomic mass is 10.1. The summed E-state index contributed by atoms with van der Waals surface area (Å²) in [7, 11) is 0.